The van der Waals surface area contributed by atoms with Crippen LogP contribution in [0.5, 0.6) is 11.5 Å². The van der Waals surface area contributed by atoms with Crippen LogP contribution in [0, 0.1) is 24.0 Å². The van der Waals surface area contributed by atoms with E-state index in [1.165, 1.54) is 18.2 Å². The number of phenolic OH excluding ortho intramolecular Hbond substituents is 1. The number of benzene rings is 2. The molecule has 0 aliphatic rings. The molecule has 0 atom stereocenters. The third kappa shape index (κ3) is 4.70. The van der Waals surface area contributed by atoms with Crippen LogP contribution in [0.4, 0.5) is 5.69 Å². The summed E-state index contributed by atoms with van der Waals surface area (Å²) in [5, 5.41) is 23.0. The normalized spacial score (nSPS) is 10.2. The quantitative estimate of drug-likeness (QED) is 0.626. The van der Waals surface area contributed by atoms with Crippen LogP contribution < -0.4 is 10.1 Å². The fraction of sp³-hybridized carbons (Fsp3) is 0.235. The Morgan fingerprint density at radius 1 is 1.21 bits per heavy atom. The first-order chi connectivity index (χ1) is 11.3. The molecular weight excluding hydrogens is 312 g/mol. The maximum atomic E-state index is 11.8. The van der Waals surface area contributed by atoms with Gasteiger partial charge in [-0.15, -0.1) is 0 Å². The van der Waals surface area contributed by atoms with Crippen LogP contribution >= 0.6 is 0 Å². The van der Waals surface area contributed by atoms with Crippen LogP contribution in [0.1, 0.15) is 16.7 Å². The highest BCUT2D eigenvalue weighted by Gasteiger charge is 2.11. The number of nitrogens with zero attached hydrogens (tertiary/aromatic N) is 1. The molecule has 0 saturated carbocycles. The van der Waals surface area contributed by atoms with Crippen molar-refractivity contribution < 1.29 is 19.6 Å². The molecule has 2 aromatic rings. The Hall–Kier alpha value is -3.09. The molecule has 126 valence electrons. The minimum atomic E-state index is -0.562. The number of hydrogen-bond acceptors (Lipinski definition) is 5. The molecule has 7 nitrogen and oxygen atoms in total. The lowest BCUT2D eigenvalue weighted by molar-refractivity contribution is -0.384. The van der Waals surface area contributed by atoms with Gasteiger partial charge in [-0.1, -0.05) is 6.07 Å². The lowest BCUT2D eigenvalue weighted by Crippen LogP contribution is -2.28. The van der Waals surface area contributed by atoms with E-state index >= 15 is 0 Å². The molecule has 0 bridgehead atoms. The number of non-ortho nitro benzene ring substituents is 1. The molecule has 0 heterocycles. The predicted molar refractivity (Wildman–Crippen MR) is 88.0 cm³/mol. The minimum absolute atomic E-state index is 0.0252. The van der Waals surface area contributed by atoms with Gasteiger partial charge in [-0.05, 0) is 43.2 Å². The molecule has 0 aliphatic carbocycles. The molecule has 0 saturated heterocycles. The fourth-order valence-electron chi connectivity index (χ4n) is 2.24. The van der Waals surface area contributed by atoms with Gasteiger partial charge in [0.2, 0.25) is 0 Å². The second kappa shape index (κ2) is 7.45. The Balaban J connectivity index is 1.91. The summed E-state index contributed by atoms with van der Waals surface area (Å²) in [6.07, 6.45) is 0. The van der Waals surface area contributed by atoms with Crippen molar-refractivity contribution in [2.75, 3.05) is 6.61 Å². The van der Waals surface area contributed by atoms with E-state index in [2.05, 4.69) is 5.32 Å². The van der Waals surface area contributed by atoms with E-state index in [0.29, 0.717) is 5.75 Å². The molecule has 7 heteroatoms. The van der Waals surface area contributed by atoms with E-state index in [0.717, 1.165) is 11.1 Å². The monoisotopic (exact) mass is 330 g/mol. The lowest BCUT2D eigenvalue weighted by atomic mass is 10.1. The Bertz CT molecular complexity index is 753. The summed E-state index contributed by atoms with van der Waals surface area (Å²) in [6, 6.07) is 9.30. The number of carbonyl (C=O) groups excluding carboxylic acids is 1. The van der Waals surface area contributed by atoms with Gasteiger partial charge >= 0.3 is 0 Å². The van der Waals surface area contributed by atoms with E-state index in [1.807, 2.05) is 32.0 Å². The van der Waals surface area contributed by atoms with E-state index in [1.54, 1.807) is 0 Å². The summed E-state index contributed by atoms with van der Waals surface area (Å²) in [6.45, 7) is 3.66. The largest absolute Gasteiger partial charge is 0.508 e. The van der Waals surface area contributed by atoms with Gasteiger partial charge in [0.05, 0.1) is 4.92 Å². The fourth-order valence-corrected chi connectivity index (χ4v) is 2.24. The molecule has 0 aliphatic heterocycles. The zero-order valence-corrected chi connectivity index (χ0v) is 13.4. The zero-order chi connectivity index (χ0) is 17.7. The Morgan fingerprint density at radius 2 is 1.88 bits per heavy atom. The molecule has 2 rings (SSSR count). The second-order valence-electron chi connectivity index (χ2n) is 5.46. The zero-order valence-electron chi connectivity index (χ0n) is 13.4. The van der Waals surface area contributed by atoms with Crippen LogP contribution in [0.25, 0.3) is 0 Å². The summed E-state index contributed by atoms with van der Waals surface area (Å²) in [5.41, 5.74) is 2.19. The molecule has 0 fully saturated rings. The first kappa shape index (κ1) is 17.3. The minimum Gasteiger partial charge on any atom is -0.508 e. The third-order valence-corrected chi connectivity index (χ3v) is 3.32. The molecule has 1 amide bonds. The van der Waals surface area contributed by atoms with E-state index in [4.69, 9.17) is 4.74 Å². The SMILES string of the molecule is Cc1cc(C)cc(OCC(=O)NCc2cc([N+](=O)[O-])ccc2O)c1. The van der Waals surface area contributed by atoms with Gasteiger partial charge in [0.15, 0.2) is 6.61 Å². The van der Waals surface area contributed by atoms with Crippen LogP contribution in [0.2, 0.25) is 0 Å². The summed E-state index contributed by atoms with van der Waals surface area (Å²) in [7, 11) is 0. The van der Waals surface area contributed by atoms with Crippen LogP contribution in [-0.4, -0.2) is 22.5 Å². The molecule has 0 unspecified atom stereocenters. The van der Waals surface area contributed by atoms with Gasteiger partial charge in [0.1, 0.15) is 11.5 Å². The number of nitro groups is 1. The standard InChI is InChI=1S/C17H18N2O5/c1-11-5-12(2)7-15(6-11)24-10-17(21)18-9-13-8-14(19(22)23)3-4-16(13)20/h3-8,20H,9-10H2,1-2H3,(H,18,21). The lowest BCUT2D eigenvalue weighted by Gasteiger charge is -2.10. The van der Waals surface area contributed by atoms with E-state index in [-0.39, 0.29) is 36.1 Å². The average Bonchev–Trinajstić information content (AvgIpc) is 2.51. The summed E-state index contributed by atoms with van der Waals surface area (Å²) >= 11 is 0. The van der Waals surface area contributed by atoms with Gasteiger partial charge in [-0.3, -0.25) is 14.9 Å². The van der Waals surface area contributed by atoms with Crippen molar-refractivity contribution in [1.29, 1.82) is 0 Å². The molecule has 2 N–H and O–H groups in total. The van der Waals surface area contributed by atoms with Crippen LogP contribution in [0.15, 0.2) is 36.4 Å². The molecule has 0 spiro atoms. The third-order valence-electron chi connectivity index (χ3n) is 3.32. The maximum absolute atomic E-state index is 11.8. The summed E-state index contributed by atoms with van der Waals surface area (Å²) in [5.74, 6) is 0.0945. The average molecular weight is 330 g/mol. The Labute approximate surface area is 139 Å². The molecule has 2 aromatic carbocycles. The summed E-state index contributed by atoms with van der Waals surface area (Å²) < 4.78 is 5.43. The number of nitro benzene ring substituents is 1. The van der Waals surface area contributed by atoms with Crippen molar-refractivity contribution in [3.63, 3.8) is 0 Å². The Morgan fingerprint density at radius 3 is 2.50 bits per heavy atom. The molecule has 0 aromatic heterocycles. The maximum Gasteiger partial charge on any atom is 0.270 e. The topological polar surface area (TPSA) is 102 Å². The second-order valence-corrected chi connectivity index (χ2v) is 5.46. The van der Waals surface area contributed by atoms with E-state index in [9.17, 15) is 20.0 Å². The number of phenols is 1. The number of rotatable bonds is 6. The number of ether oxygens (including phenoxy) is 1. The van der Waals surface area contributed by atoms with Gasteiger partial charge in [0, 0.05) is 24.2 Å². The van der Waals surface area contributed by atoms with Crippen molar-refractivity contribution in [1.82, 2.24) is 5.32 Å². The van der Waals surface area contributed by atoms with Gasteiger partial charge in [-0.2, -0.15) is 0 Å². The van der Waals surface area contributed by atoms with Gasteiger partial charge in [-0.25, -0.2) is 0 Å². The highest BCUT2D eigenvalue weighted by Crippen LogP contribution is 2.22. The van der Waals surface area contributed by atoms with Gasteiger partial charge in [0.25, 0.3) is 11.6 Å². The summed E-state index contributed by atoms with van der Waals surface area (Å²) in [4.78, 5) is 22.0. The highest BCUT2D eigenvalue weighted by atomic mass is 16.6. The van der Waals surface area contributed by atoms with Crippen LogP contribution in [0.3, 0.4) is 0 Å². The smallest absolute Gasteiger partial charge is 0.270 e. The van der Waals surface area contributed by atoms with Crippen molar-refractivity contribution >= 4 is 11.6 Å². The molecule has 0 radical (unpaired) electrons. The van der Waals surface area contributed by atoms with Crippen LogP contribution in [-0.2, 0) is 11.3 Å². The molecule has 24 heavy (non-hydrogen) atoms. The first-order valence-corrected chi connectivity index (χ1v) is 7.29. The highest BCUT2D eigenvalue weighted by molar-refractivity contribution is 5.77. The number of aromatic hydroxyl groups is 1. The first-order valence-electron chi connectivity index (χ1n) is 7.29. The number of hydrogen-bond donors (Lipinski definition) is 2. The van der Waals surface area contributed by atoms with Crippen molar-refractivity contribution in [2.45, 2.75) is 20.4 Å². The van der Waals surface area contributed by atoms with Crippen molar-refractivity contribution in [3.8, 4) is 11.5 Å². The van der Waals surface area contributed by atoms with Crippen molar-refractivity contribution in [2.24, 2.45) is 0 Å². The Kier molecular flexibility index (Phi) is 5.36. The number of aryl methyl sites for hydroxylation is 2. The predicted octanol–water partition coefficient (Wildman–Crippen LogP) is 2.61. The number of carbonyl (C=O) groups is 1. The number of amides is 1. The van der Waals surface area contributed by atoms with Gasteiger partial charge < -0.3 is 15.2 Å². The molecular formula is C17H18N2O5. The van der Waals surface area contributed by atoms with E-state index < -0.39 is 4.92 Å². The van der Waals surface area contributed by atoms with Crippen molar-refractivity contribution in [3.05, 3.63) is 63.2 Å². The number of nitrogens with one attached hydrogen (secondary N) is 1.